The van der Waals surface area contributed by atoms with Crippen molar-refractivity contribution in [3.05, 3.63) is 65.5 Å². The molecule has 0 aromatic heterocycles. The molecule has 2 aromatic rings. The normalized spacial score (nSPS) is 14.3. The van der Waals surface area contributed by atoms with Gasteiger partial charge in [-0.3, -0.25) is 9.98 Å². The molecule has 12 nitrogen and oxygen atoms in total. The summed E-state index contributed by atoms with van der Waals surface area (Å²) in [5.74, 6) is -1.41. The van der Waals surface area contributed by atoms with E-state index in [1.807, 2.05) is 34.6 Å². The summed E-state index contributed by atoms with van der Waals surface area (Å²) in [5.41, 5.74) is -0.392. The van der Waals surface area contributed by atoms with E-state index in [0.717, 1.165) is 0 Å². The van der Waals surface area contributed by atoms with Crippen molar-refractivity contribution in [3.63, 3.8) is 0 Å². The van der Waals surface area contributed by atoms with Gasteiger partial charge < -0.3 is 38.7 Å². The second kappa shape index (κ2) is 25.7. The minimum atomic E-state index is -2.00. The molecule has 0 radical (unpaired) electrons. The largest absolute Gasteiger partial charge is 0.506 e. The van der Waals surface area contributed by atoms with Gasteiger partial charge >= 0.3 is 11.9 Å². The Kier molecular flexibility index (Phi) is 23.7. The van der Waals surface area contributed by atoms with E-state index in [2.05, 4.69) is 91.5 Å². The highest BCUT2D eigenvalue weighted by Crippen LogP contribution is 2.39. The van der Waals surface area contributed by atoms with E-state index in [1.54, 1.807) is 38.1 Å². The van der Waals surface area contributed by atoms with Crippen LogP contribution in [0.5, 0.6) is 11.5 Å². The number of benzene rings is 2. The quantitative estimate of drug-likeness (QED) is 0.0430. The predicted molar refractivity (Wildman–Crippen MR) is 267 cm³/mol. The summed E-state index contributed by atoms with van der Waals surface area (Å²) in [6.07, 6.45) is 2.59. The number of hydrogen-bond donors (Lipinski definition) is 3. The number of rotatable bonds is 18. The van der Waals surface area contributed by atoms with Gasteiger partial charge in [0.05, 0.1) is 61.8 Å². The smallest absolute Gasteiger partial charge is 0.343 e. The van der Waals surface area contributed by atoms with Gasteiger partial charge in [0.15, 0.2) is 8.32 Å². The maximum atomic E-state index is 12.8. The van der Waals surface area contributed by atoms with E-state index < -0.39 is 26.3 Å². The Hall–Kier alpha value is -2.92. The molecule has 354 valence electrons. The third-order valence-corrected chi connectivity index (χ3v) is 16.2. The van der Waals surface area contributed by atoms with Gasteiger partial charge in [-0.15, -0.1) is 0 Å². The lowest BCUT2D eigenvalue weighted by Crippen LogP contribution is -2.44. The number of aliphatic hydroxyl groups is 3. The molecule has 3 N–H and O–H groups in total. The van der Waals surface area contributed by atoms with Crippen LogP contribution in [0.3, 0.4) is 0 Å². The summed E-state index contributed by atoms with van der Waals surface area (Å²) in [7, 11) is -2.00. The lowest BCUT2D eigenvalue weighted by atomic mass is 9.88. The van der Waals surface area contributed by atoms with Crippen LogP contribution in [-0.4, -0.2) is 99.7 Å². The van der Waals surface area contributed by atoms with Crippen LogP contribution in [0.1, 0.15) is 101 Å². The SMILES string of the molecule is CCOC(=O)C(C=N[C@H](CO)C(C)(C)C)=C(O)c1cc(Br)cc(OCC)c1Cl.CCOC(=O)C(C=N[C@H](CO[Si](C)(C)C(C)(C)C)C(C)(C)C)=C(O)c1cc(Br)cc(OCC)c1Cl. The van der Waals surface area contributed by atoms with Crippen LogP contribution >= 0.6 is 55.1 Å². The number of nitrogens with zero attached hydrogens (tertiary/aromatic N) is 2. The number of aliphatic imine (C=N–C) groups is 2. The Labute approximate surface area is 402 Å². The number of ether oxygens (including phenoxy) is 4. The molecule has 2 rings (SSSR count). The van der Waals surface area contributed by atoms with Crippen molar-refractivity contribution >= 4 is 99.3 Å². The lowest BCUT2D eigenvalue weighted by molar-refractivity contribution is -0.138. The Morgan fingerprint density at radius 1 is 0.683 bits per heavy atom. The van der Waals surface area contributed by atoms with Gasteiger partial charge in [-0.1, -0.05) is 117 Å². The fourth-order valence-corrected chi connectivity index (χ4v) is 7.40. The van der Waals surface area contributed by atoms with Crippen molar-refractivity contribution in [2.75, 3.05) is 39.6 Å². The number of hydrogen-bond acceptors (Lipinski definition) is 12. The average Bonchev–Trinajstić information content (AvgIpc) is 3.16. The molecule has 0 fully saturated rings. The molecule has 0 aliphatic rings. The number of halogens is 4. The molecule has 0 heterocycles. The zero-order valence-electron chi connectivity index (χ0n) is 39.5. The van der Waals surface area contributed by atoms with Crippen LogP contribution < -0.4 is 9.47 Å². The fourth-order valence-electron chi connectivity index (χ4n) is 5.02. The Morgan fingerprint density at radius 3 is 1.35 bits per heavy atom. The van der Waals surface area contributed by atoms with Crippen LogP contribution in [-0.2, 0) is 23.5 Å². The minimum Gasteiger partial charge on any atom is -0.506 e. The van der Waals surface area contributed by atoms with Crippen molar-refractivity contribution in [3.8, 4) is 11.5 Å². The molecule has 0 aliphatic carbocycles. The summed E-state index contributed by atoms with van der Waals surface area (Å²) >= 11 is 19.6. The van der Waals surface area contributed by atoms with Crippen LogP contribution in [0.15, 0.2) is 54.3 Å². The topological polar surface area (TPSA) is 166 Å². The molecule has 0 amide bonds. The van der Waals surface area contributed by atoms with Gasteiger partial charge in [0.1, 0.15) is 34.2 Å². The average molecular weight is 1070 g/mol. The molecule has 0 saturated carbocycles. The third-order valence-electron chi connectivity index (χ3n) is 9.97. The zero-order valence-corrected chi connectivity index (χ0v) is 45.2. The van der Waals surface area contributed by atoms with Crippen LogP contribution in [0.2, 0.25) is 28.2 Å². The molecule has 2 atom stereocenters. The monoisotopic (exact) mass is 1060 g/mol. The highest BCUT2D eigenvalue weighted by atomic mass is 79.9. The van der Waals surface area contributed by atoms with Crippen molar-refractivity contribution < 1.29 is 48.3 Å². The van der Waals surface area contributed by atoms with Gasteiger partial charge in [0.25, 0.3) is 0 Å². The first-order valence-corrected chi connectivity index (χ1v) is 26.0. The van der Waals surface area contributed by atoms with Gasteiger partial charge in [-0.25, -0.2) is 9.59 Å². The Balaban J connectivity index is 0.000000646. The first kappa shape index (κ1) is 58.1. The van der Waals surface area contributed by atoms with E-state index in [4.69, 9.17) is 51.6 Å². The summed E-state index contributed by atoms with van der Waals surface area (Å²) < 4.78 is 29.0. The van der Waals surface area contributed by atoms with Gasteiger partial charge in [-0.05, 0) is 80.9 Å². The van der Waals surface area contributed by atoms with E-state index in [0.29, 0.717) is 40.3 Å². The molecule has 2 aromatic carbocycles. The summed E-state index contributed by atoms with van der Waals surface area (Å²) in [4.78, 5) is 34.3. The van der Waals surface area contributed by atoms with Crippen molar-refractivity contribution in [1.82, 2.24) is 0 Å². The van der Waals surface area contributed by atoms with E-state index >= 15 is 0 Å². The highest BCUT2D eigenvalue weighted by Gasteiger charge is 2.39. The first-order chi connectivity index (χ1) is 29.0. The predicted octanol–water partition coefficient (Wildman–Crippen LogP) is 12.7. The second-order valence-electron chi connectivity index (χ2n) is 17.9. The van der Waals surface area contributed by atoms with Crippen LogP contribution in [0.4, 0.5) is 0 Å². The molecule has 17 heteroatoms. The maximum Gasteiger partial charge on any atom is 0.343 e. The number of aliphatic hydroxyl groups excluding tert-OH is 3. The first-order valence-electron chi connectivity index (χ1n) is 20.8. The van der Waals surface area contributed by atoms with Crippen molar-refractivity contribution in [1.29, 1.82) is 0 Å². The Morgan fingerprint density at radius 2 is 1.05 bits per heavy atom. The van der Waals surface area contributed by atoms with Gasteiger partial charge in [0, 0.05) is 32.5 Å². The van der Waals surface area contributed by atoms with Crippen LogP contribution in [0.25, 0.3) is 11.5 Å². The van der Waals surface area contributed by atoms with E-state index in [9.17, 15) is 24.9 Å². The lowest BCUT2D eigenvalue weighted by Gasteiger charge is -2.38. The van der Waals surface area contributed by atoms with Gasteiger partial charge in [0.2, 0.25) is 0 Å². The number of carbonyl (C=O) groups excluding carboxylic acids is 2. The van der Waals surface area contributed by atoms with Crippen LogP contribution in [0, 0.1) is 10.8 Å². The molecular formula is C46H68Br2Cl2N2O10Si. The second-order valence-corrected chi connectivity index (χ2v) is 25.3. The maximum absolute atomic E-state index is 12.8. The van der Waals surface area contributed by atoms with Crippen molar-refractivity contribution in [2.45, 2.75) is 120 Å². The molecule has 0 spiro atoms. The Bertz CT molecular complexity index is 1980. The zero-order chi connectivity index (χ0) is 48.7. The molecule has 0 aliphatic heterocycles. The van der Waals surface area contributed by atoms with E-state index in [1.165, 1.54) is 12.4 Å². The van der Waals surface area contributed by atoms with Crippen molar-refractivity contribution in [2.24, 2.45) is 20.8 Å². The number of esters is 2. The molecule has 0 saturated heterocycles. The summed E-state index contributed by atoms with van der Waals surface area (Å²) in [5, 5.41) is 32.0. The molecule has 63 heavy (non-hydrogen) atoms. The minimum absolute atomic E-state index is 0.0587. The van der Waals surface area contributed by atoms with Gasteiger partial charge in [-0.2, -0.15) is 0 Å². The molecule has 0 unspecified atom stereocenters. The molecule has 0 bridgehead atoms. The molecular weight excluding hydrogens is 999 g/mol. The van der Waals surface area contributed by atoms with E-state index in [-0.39, 0.29) is 85.6 Å². The highest BCUT2D eigenvalue weighted by molar-refractivity contribution is 9.10. The third kappa shape index (κ3) is 17.8. The summed E-state index contributed by atoms with van der Waals surface area (Å²) in [6.45, 7) is 31.2. The fraction of sp³-hybridized carbons (Fsp3) is 0.565. The standard InChI is InChI=1S/C26H41BrClNO5Si.C20H27BrClNO5/c1-11-32-20-14-17(27)13-18(22(20)28)23(30)19(24(31)33-12-2)15-29-21(25(3,4)5)16-34-35(9,10)26(6,7)8;1-6-27-15-9-12(21)8-13(17(15)22)18(25)14(19(26)28-7-2)10-23-16(11-24)20(3,4)5/h13-15,21,30H,11-12,16H2,1-10H3;8-10,16,24-25H,6-7,11H2,1-5H3/t21-;16-/m11/s1. The number of carbonyl (C=O) groups is 2. The summed E-state index contributed by atoms with van der Waals surface area (Å²) in [6, 6.07) is 5.83.